The van der Waals surface area contributed by atoms with Crippen LogP contribution >= 0.6 is 0 Å². The fourth-order valence-corrected chi connectivity index (χ4v) is 4.88. The van der Waals surface area contributed by atoms with Gasteiger partial charge in [-0.3, -0.25) is 4.98 Å². The standard InChI is InChI=1S/C21H20N2O5S/c1-27-21(24)16-7-9-18(10-8-16)29(25,26)23-13-11-17(14-23)28-19-6-2-4-15-5-3-12-22-20(15)19/h2-10,12,17H,11,13-14H2,1H3. The molecule has 0 saturated carbocycles. The van der Waals surface area contributed by atoms with Crippen molar-refractivity contribution in [2.75, 3.05) is 20.2 Å². The summed E-state index contributed by atoms with van der Waals surface area (Å²) in [6, 6.07) is 15.3. The summed E-state index contributed by atoms with van der Waals surface area (Å²) in [7, 11) is -2.39. The molecule has 0 N–H and O–H groups in total. The molecule has 1 atom stereocenters. The van der Waals surface area contributed by atoms with Crippen molar-refractivity contribution in [3.05, 3.63) is 66.4 Å². The predicted molar refractivity (Wildman–Crippen MR) is 107 cm³/mol. The second kappa shape index (κ2) is 7.81. The van der Waals surface area contributed by atoms with Gasteiger partial charge in [-0.2, -0.15) is 4.31 Å². The van der Waals surface area contributed by atoms with E-state index in [9.17, 15) is 13.2 Å². The molecule has 0 radical (unpaired) electrons. The topological polar surface area (TPSA) is 85.8 Å². The molecule has 1 fully saturated rings. The van der Waals surface area contributed by atoms with Gasteiger partial charge >= 0.3 is 5.97 Å². The minimum atomic E-state index is -3.67. The van der Waals surface area contributed by atoms with E-state index in [4.69, 9.17) is 4.74 Å². The van der Waals surface area contributed by atoms with Gasteiger partial charge in [0.15, 0.2) is 0 Å². The van der Waals surface area contributed by atoms with Gasteiger partial charge in [-0.15, -0.1) is 0 Å². The van der Waals surface area contributed by atoms with E-state index in [0.29, 0.717) is 24.3 Å². The monoisotopic (exact) mass is 412 g/mol. The zero-order valence-electron chi connectivity index (χ0n) is 15.8. The molecule has 0 bridgehead atoms. The number of carbonyl (C=O) groups excluding carboxylic acids is 1. The number of para-hydroxylation sites is 1. The minimum absolute atomic E-state index is 0.137. The molecule has 4 rings (SSSR count). The van der Waals surface area contributed by atoms with Crippen LogP contribution in [0.3, 0.4) is 0 Å². The molecule has 3 aromatic rings. The van der Waals surface area contributed by atoms with Crippen molar-refractivity contribution >= 4 is 26.9 Å². The summed E-state index contributed by atoms with van der Waals surface area (Å²) in [6.45, 7) is 0.619. The first-order valence-corrected chi connectivity index (χ1v) is 10.6. The van der Waals surface area contributed by atoms with E-state index in [2.05, 4.69) is 9.72 Å². The Hall–Kier alpha value is -2.97. The van der Waals surface area contributed by atoms with E-state index in [-0.39, 0.29) is 17.5 Å². The Morgan fingerprint density at radius 3 is 2.62 bits per heavy atom. The van der Waals surface area contributed by atoms with Crippen LogP contribution in [0.15, 0.2) is 65.7 Å². The Balaban J connectivity index is 1.49. The van der Waals surface area contributed by atoms with E-state index < -0.39 is 16.0 Å². The smallest absolute Gasteiger partial charge is 0.337 e. The number of sulfonamides is 1. The lowest BCUT2D eigenvalue weighted by Crippen LogP contribution is -2.31. The molecule has 0 spiro atoms. The van der Waals surface area contributed by atoms with Crippen molar-refractivity contribution in [2.24, 2.45) is 0 Å². The third-order valence-electron chi connectivity index (χ3n) is 4.91. The molecule has 0 amide bonds. The maximum Gasteiger partial charge on any atom is 0.337 e. The lowest BCUT2D eigenvalue weighted by molar-refractivity contribution is 0.0600. The molecule has 29 heavy (non-hydrogen) atoms. The first-order chi connectivity index (χ1) is 14.0. The number of methoxy groups -OCH3 is 1. The van der Waals surface area contributed by atoms with Gasteiger partial charge in [-0.25, -0.2) is 13.2 Å². The molecule has 1 unspecified atom stereocenters. The lowest BCUT2D eigenvalue weighted by atomic mass is 10.2. The SMILES string of the molecule is COC(=O)c1ccc(S(=O)(=O)N2CCC(Oc3cccc4cccnc34)C2)cc1. The fraction of sp³-hybridized carbons (Fsp3) is 0.238. The fourth-order valence-electron chi connectivity index (χ4n) is 3.39. The third kappa shape index (κ3) is 3.81. The van der Waals surface area contributed by atoms with Gasteiger partial charge < -0.3 is 9.47 Å². The second-order valence-corrected chi connectivity index (χ2v) is 8.68. The third-order valence-corrected chi connectivity index (χ3v) is 6.79. The summed E-state index contributed by atoms with van der Waals surface area (Å²) in [5.41, 5.74) is 1.06. The number of rotatable bonds is 5. The Morgan fingerprint density at radius 1 is 1.10 bits per heavy atom. The summed E-state index contributed by atoms with van der Waals surface area (Å²) in [4.78, 5) is 16.0. The first-order valence-electron chi connectivity index (χ1n) is 9.18. The highest BCUT2D eigenvalue weighted by Gasteiger charge is 2.34. The maximum atomic E-state index is 12.9. The molecule has 1 aromatic heterocycles. The number of pyridine rings is 1. The van der Waals surface area contributed by atoms with Crippen molar-refractivity contribution in [1.82, 2.24) is 9.29 Å². The van der Waals surface area contributed by atoms with Gasteiger partial charge in [0.25, 0.3) is 0 Å². The Kier molecular flexibility index (Phi) is 5.21. The van der Waals surface area contributed by atoms with Crippen molar-refractivity contribution < 1.29 is 22.7 Å². The molecule has 8 heteroatoms. The summed E-state index contributed by atoms with van der Waals surface area (Å²) < 4.78 is 38.0. The maximum absolute atomic E-state index is 12.9. The van der Waals surface area contributed by atoms with Crippen LogP contribution < -0.4 is 4.74 Å². The van der Waals surface area contributed by atoms with Crippen LogP contribution in [0.25, 0.3) is 10.9 Å². The van der Waals surface area contributed by atoms with Gasteiger partial charge in [-0.05, 0) is 42.8 Å². The van der Waals surface area contributed by atoms with Gasteiger partial charge in [0.05, 0.1) is 24.1 Å². The largest absolute Gasteiger partial charge is 0.487 e. The van der Waals surface area contributed by atoms with Crippen molar-refractivity contribution in [3.8, 4) is 5.75 Å². The number of carbonyl (C=O) groups is 1. The quantitative estimate of drug-likeness (QED) is 0.599. The highest BCUT2D eigenvalue weighted by Crippen LogP contribution is 2.28. The van der Waals surface area contributed by atoms with Crippen LogP contribution in [0.4, 0.5) is 0 Å². The number of benzene rings is 2. The molecule has 7 nitrogen and oxygen atoms in total. The molecule has 2 heterocycles. The van der Waals surface area contributed by atoms with E-state index >= 15 is 0 Å². The number of esters is 1. The molecule has 1 aliphatic heterocycles. The van der Waals surface area contributed by atoms with Crippen LogP contribution in [0, 0.1) is 0 Å². The average Bonchev–Trinajstić information content (AvgIpc) is 3.23. The number of hydrogen-bond donors (Lipinski definition) is 0. The summed E-state index contributed by atoms with van der Waals surface area (Å²) >= 11 is 0. The summed E-state index contributed by atoms with van der Waals surface area (Å²) in [6.07, 6.45) is 2.04. The van der Waals surface area contributed by atoms with E-state index in [1.807, 2.05) is 30.3 Å². The summed E-state index contributed by atoms with van der Waals surface area (Å²) in [5, 5.41) is 0.971. The number of hydrogen-bond acceptors (Lipinski definition) is 6. The van der Waals surface area contributed by atoms with Crippen LogP contribution in [-0.2, 0) is 14.8 Å². The van der Waals surface area contributed by atoms with Crippen LogP contribution in [-0.4, -0.2) is 50.0 Å². The Bertz CT molecular complexity index is 1140. The minimum Gasteiger partial charge on any atom is -0.487 e. The molecule has 0 aliphatic carbocycles. The molecule has 2 aromatic carbocycles. The van der Waals surface area contributed by atoms with E-state index in [1.165, 1.54) is 35.7 Å². The van der Waals surface area contributed by atoms with Gasteiger partial charge in [0.1, 0.15) is 17.4 Å². The first kappa shape index (κ1) is 19.4. The molecule has 150 valence electrons. The van der Waals surface area contributed by atoms with E-state index in [0.717, 1.165) is 10.9 Å². The second-order valence-electron chi connectivity index (χ2n) is 6.74. The Morgan fingerprint density at radius 2 is 1.86 bits per heavy atom. The zero-order valence-corrected chi connectivity index (χ0v) is 16.6. The highest BCUT2D eigenvalue weighted by atomic mass is 32.2. The number of ether oxygens (including phenoxy) is 2. The van der Waals surface area contributed by atoms with Crippen LogP contribution in [0.1, 0.15) is 16.8 Å². The molecule has 1 aliphatic rings. The van der Waals surface area contributed by atoms with E-state index in [1.54, 1.807) is 6.20 Å². The van der Waals surface area contributed by atoms with Crippen molar-refractivity contribution in [3.63, 3.8) is 0 Å². The van der Waals surface area contributed by atoms with Gasteiger partial charge in [0, 0.05) is 18.1 Å². The average molecular weight is 412 g/mol. The van der Waals surface area contributed by atoms with Crippen LogP contribution in [0.5, 0.6) is 5.75 Å². The normalized spacial score (nSPS) is 17.3. The molecular formula is C21H20N2O5S. The highest BCUT2D eigenvalue weighted by molar-refractivity contribution is 7.89. The lowest BCUT2D eigenvalue weighted by Gasteiger charge is -2.18. The van der Waals surface area contributed by atoms with Crippen molar-refractivity contribution in [2.45, 2.75) is 17.4 Å². The predicted octanol–water partition coefficient (Wildman–Crippen LogP) is 2.86. The molecule has 1 saturated heterocycles. The van der Waals surface area contributed by atoms with Crippen molar-refractivity contribution in [1.29, 1.82) is 0 Å². The van der Waals surface area contributed by atoms with Crippen LogP contribution in [0.2, 0.25) is 0 Å². The number of nitrogens with zero attached hydrogens (tertiary/aromatic N) is 2. The Labute approximate surface area is 168 Å². The summed E-state index contributed by atoms with van der Waals surface area (Å²) in [5.74, 6) is 0.141. The molecular weight excluding hydrogens is 392 g/mol. The van der Waals surface area contributed by atoms with Gasteiger partial charge in [-0.1, -0.05) is 18.2 Å². The number of aromatic nitrogens is 1. The number of fused-ring (bicyclic) bond motifs is 1. The van der Waals surface area contributed by atoms with Gasteiger partial charge in [0.2, 0.25) is 10.0 Å². The zero-order chi connectivity index (χ0) is 20.4.